The number of rotatable bonds is 5. The van der Waals surface area contributed by atoms with Gasteiger partial charge in [0.05, 0.1) is 11.5 Å². The molecule has 166 valence electrons. The standard InChI is InChI=1S/C23H32N6OS/c1-24-23(26-19-9-11-29(12-10-19)22-8-5-17-31-22)25-18-21(30)28-15-13-27(14-16-28)20-6-3-2-4-7-20/h2-8,17,19H,9-16,18H2,1H3,(H2,24,25,26). The molecule has 1 amide bonds. The molecule has 1 aromatic heterocycles. The van der Waals surface area contributed by atoms with Crippen LogP contribution in [-0.2, 0) is 4.79 Å². The zero-order chi connectivity index (χ0) is 21.5. The van der Waals surface area contributed by atoms with Crippen LogP contribution in [0.4, 0.5) is 10.7 Å². The highest BCUT2D eigenvalue weighted by Crippen LogP contribution is 2.24. The van der Waals surface area contributed by atoms with Crippen molar-refractivity contribution in [2.45, 2.75) is 18.9 Å². The van der Waals surface area contributed by atoms with E-state index < -0.39 is 0 Å². The number of carbonyl (C=O) groups is 1. The third-order valence-corrected chi connectivity index (χ3v) is 6.97. The van der Waals surface area contributed by atoms with Crippen molar-refractivity contribution in [2.75, 3.05) is 62.7 Å². The summed E-state index contributed by atoms with van der Waals surface area (Å²) < 4.78 is 0. The highest BCUT2D eigenvalue weighted by atomic mass is 32.1. The molecule has 0 aliphatic carbocycles. The summed E-state index contributed by atoms with van der Waals surface area (Å²) in [4.78, 5) is 23.7. The number of nitrogens with zero attached hydrogens (tertiary/aromatic N) is 4. The van der Waals surface area contributed by atoms with E-state index >= 15 is 0 Å². The third-order valence-electron chi connectivity index (χ3n) is 6.04. The number of aliphatic imine (C=N–C) groups is 1. The van der Waals surface area contributed by atoms with E-state index in [1.807, 2.05) is 11.0 Å². The molecule has 1 aromatic carbocycles. The number of benzene rings is 1. The topological polar surface area (TPSA) is 63.2 Å². The maximum absolute atomic E-state index is 12.7. The van der Waals surface area contributed by atoms with E-state index in [9.17, 15) is 4.79 Å². The number of para-hydroxylation sites is 1. The molecule has 0 spiro atoms. The smallest absolute Gasteiger partial charge is 0.242 e. The second-order valence-electron chi connectivity index (χ2n) is 7.99. The Labute approximate surface area is 188 Å². The molecule has 2 fully saturated rings. The van der Waals surface area contributed by atoms with Crippen LogP contribution in [0.15, 0.2) is 52.8 Å². The minimum Gasteiger partial charge on any atom is -0.368 e. The highest BCUT2D eigenvalue weighted by molar-refractivity contribution is 7.14. The Bertz CT molecular complexity index is 840. The van der Waals surface area contributed by atoms with Gasteiger partial charge < -0.3 is 25.3 Å². The van der Waals surface area contributed by atoms with Gasteiger partial charge >= 0.3 is 0 Å². The molecule has 7 nitrogen and oxygen atoms in total. The van der Waals surface area contributed by atoms with Gasteiger partial charge in [-0.15, -0.1) is 11.3 Å². The van der Waals surface area contributed by atoms with E-state index in [0.29, 0.717) is 12.0 Å². The summed E-state index contributed by atoms with van der Waals surface area (Å²) in [5, 5.41) is 10.2. The Morgan fingerprint density at radius 1 is 1.00 bits per heavy atom. The number of hydrogen-bond acceptors (Lipinski definition) is 5. The van der Waals surface area contributed by atoms with Crippen molar-refractivity contribution in [1.82, 2.24) is 15.5 Å². The number of nitrogens with one attached hydrogen (secondary N) is 2. The lowest BCUT2D eigenvalue weighted by Gasteiger charge is -2.36. The van der Waals surface area contributed by atoms with Crippen LogP contribution in [0.2, 0.25) is 0 Å². The van der Waals surface area contributed by atoms with Gasteiger partial charge in [-0.3, -0.25) is 9.79 Å². The van der Waals surface area contributed by atoms with Crippen molar-refractivity contribution in [2.24, 2.45) is 4.99 Å². The lowest BCUT2D eigenvalue weighted by Crippen LogP contribution is -2.53. The van der Waals surface area contributed by atoms with Gasteiger partial charge in [0.2, 0.25) is 5.91 Å². The number of anilines is 2. The fourth-order valence-corrected chi connectivity index (χ4v) is 4.99. The molecule has 0 bridgehead atoms. The van der Waals surface area contributed by atoms with Crippen LogP contribution in [0.25, 0.3) is 0 Å². The number of guanidine groups is 1. The zero-order valence-corrected chi connectivity index (χ0v) is 19.0. The minimum atomic E-state index is 0.128. The quantitative estimate of drug-likeness (QED) is 0.552. The van der Waals surface area contributed by atoms with Crippen LogP contribution in [0.5, 0.6) is 0 Å². The average Bonchev–Trinajstić information content (AvgIpc) is 3.38. The summed E-state index contributed by atoms with van der Waals surface area (Å²) in [6.07, 6.45) is 2.13. The van der Waals surface area contributed by atoms with Gasteiger partial charge in [0.25, 0.3) is 0 Å². The monoisotopic (exact) mass is 440 g/mol. The second-order valence-corrected chi connectivity index (χ2v) is 8.91. The molecule has 0 radical (unpaired) electrons. The SMILES string of the molecule is CN=C(NCC(=O)N1CCN(c2ccccc2)CC1)NC1CCN(c2cccs2)CC1. The fourth-order valence-electron chi connectivity index (χ4n) is 4.21. The van der Waals surface area contributed by atoms with Gasteiger partial charge in [-0.05, 0) is 42.5 Å². The molecule has 0 unspecified atom stereocenters. The highest BCUT2D eigenvalue weighted by Gasteiger charge is 2.23. The normalized spacial score (nSPS) is 18.2. The number of piperidine rings is 1. The molecule has 2 aliphatic heterocycles. The molecule has 2 aromatic rings. The van der Waals surface area contributed by atoms with E-state index in [1.165, 1.54) is 10.7 Å². The van der Waals surface area contributed by atoms with E-state index in [-0.39, 0.29) is 12.5 Å². The molecule has 4 rings (SSSR count). The third kappa shape index (κ3) is 5.70. The van der Waals surface area contributed by atoms with Gasteiger partial charge in [0, 0.05) is 58.0 Å². The lowest BCUT2D eigenvalue weighted by molar-refractivity contribution is -0.130. The summed E-state index contributed by atoms with van der Waals surface area (Å²) in [5.74, 6) is 0.842. The first-order valence-electron chi connectivity index (χ1n) is 11.1. The molecule has 0 atom stereocenters. The predicted molar refractivity (Wildman–Crippen MR) is 129 cm³/mol. The first-order valence-corrected chi connectivity index (χ1v) is 11.9. The van der Waals surface area contributed by atoms with Crippen LogP contribution in [0, 0.1) is 0 Å². The van der Waals surface area contributed by atoms with Gasteiger partial charge in [-0.2, -0.15) is 0 Å². The Balaban J connectivity index is 1.17. The molecular formula is C23H32N6OS. The molecule has 2 saturated heterocycles. The summed E-state index contributed by atoms with van der Waals surface area (Å²) in [5.41, 5.74) is 1.22. The van der Waals surface area contributed by atoms with Crippen molar-refractivity contribution < 1.29 is 4.79 Å². The summed E-state index contributed by atoms with van der Waals surface area (Å²) >= 11 is 1.80. The van der Waals surface area contributed by atoms with Crippen molar-refractivity contribution in [3.8, 4) is 0 Å². The number of amides is 1. The van der Waals surface area contributed by atoms with Crippen LogP contribution >= 0.6 is 11.3 Å². The Morgan fingerprint density at radius 3 is 2.39 bits per heavy atom. The first-order chi connectivity index (χ1) is 15.2. The summed E-state index contributed by atoms with van der Waals surface area (Å²) in [6, 6.07) is 15.1. The van der Waals surface area contributed by atoms with Crippen molar-refractivity contribution in [3.05, 3.63) is 47.8 Å². The van der Waals surface area contributed by atoms with E-state index in [0.717, 1.165) is 52.1 Å². The predicted octanol–water partition coefficient (Wildman–Crippen LogP) is 2.23. The summed E-state index contributed by atoms with van der Waals surface area (Å²) in [6.45, 7) is 5.60. The van der Waals surface area contributed by atoms with Gasteiger partial charge in [0.1, 0.15) is 0 Å². The average molecular weight is 441 g/mol. The Morgan fingerprint density at radius 2 is 1.74 bits per heavy atom. The van der Waals surface area contributed by atoms with Gasteiger partial charge in [-0.1, -0.05) is 18.2 Å². The van der Waals surface area contributed by atoms with Crippen molar-refractivity contribution in [1.29, 1.82) is 0 Å². The molecule has 31 heavy (non-hydrogen) atoms. The zero-order valence-electron chi connectivity index (χ0n) is 18.2. The Kier molecular flexibility index (Phi) is 7.30. The van der Waals surface area contributed by atoms with Crippen LogP contribution < -0.4 is 20.4 Å². The first kappa shape index (κ1) is 21.5. The largest absolute Gasteiger partial charge is 0.368 e. The van der Waals surface area contributed by atoms with Gasteiger partial charge in [-0.25, -0.2) is 0 Å². The van der Waals surface area contributed by atoms with Crippen LogP contribution in [0.1, 0.15) is 12.8 Å². The lowest BCUT2D eigenvalue weighted by atomic mass is 10.1. The van der Waals surface area contributed by atoms with E-state index in [1.54, 1.807) is 18.4 Å². The molecule has 2 N–H and O–H groups in total. The van der Waals surface area contributed by atoms with Crippen LogP contribution in [-0.4, -0.2) is 75.7 Å². The van der Waals surface area contributed by atoms with Gasteiger partial charge in [0.15, 0.2) is 5.96 Å². The second kappa shape index (κ2) is 10.5. The van der Waals surface area contributed by atoms with Crippen molar-refractivity contribution >= 4 is 33.9 Å². The maximum Gasteiger partial charge on any atom is 0.242 e. The maximum atomic E-state index is 12.7. The number of carbonyl (C=O) groups excluding carboxylic acids is 1. The number of piperazine rings is 1. The van der Waals surface area contributed by atoms with Crippen molar-refractivity contribution in [3.63, 3.8) is 0 Å². The van der Waals surface area contributed by atoms with E-state index in [2.05, 4.69) is 67.2 Å². The summed E-state index contributed by atoms with van der Waals surface area (Å²) in [7, 11) is 1.76. The number of thiophene rings is 1. The van der Waals surface area contributed by atoms with Crippen LogP contribution in [0.3, 0.4) is 0 Å². The fraction of sp³-hybridized carbons (Fsp3) is 0.478. The molecular weight excluding hydrogens is 408 g/mol. The Hall–Kier alpha value is -2.74. The molecule has 2 aliphatic rings. The molecule has 0 saturated carbocycles. The molecule has 8 heteroatoms. The van der Waals surface area contributed by atoms with E-state index in [4.69, 9.17) is 0 Å². The molecule has 3 heterocycles. The minimum absolute atomic E-state index is 0.128. The number of hydrogen-bond donors (Lipinski definition) is 2.